The Hall–Kier alpha value is -2.11. The van der Waals surface area contributed by atoms with Crippen LogP contribution in [0.5, 0.6) is 0 Å². The van der Waals surface area contributed by atoms with Crippen LogP contribution < -0.4 is 10.0 Å². The van der Waals surface area contributed by atoms with Crippen LogP contribution in [0.2, 0.25) is 0 Å². The van der Waals surface area contributed by atoms with Gasteiger partial charge in [-0.25, -0.2) is 4.79 Å². The van der Waals surface area contributed by atoms with Gasteiger partial charge in [0.15, 0.2) is 12.4 Å². The van der Waals surface area contributed by atoms with Crippen molar-refractivity contribution >= 4 is 11.9 Å². The minimum atomic E-state index is -1.08. The van der Waals surface area contributed by atoms with E-state index in [-0.39, 0.29) is 11.5 Å². The molecule has 0 saturated heterocycles. The van der Waals surface area contributed by atoms with Crippen LogP contribution in [0.15, 0.2) is 24.5 Å². The molecule has 92 valence electrons. The highest BCUT2D eigenvalue weighted by Gasteiger charge is 2.23. The zero-order chi connectivity index (χ0) is 13.0. The van der Waals surface area contributed by atoms with Crippen molar-refractivity contribution < 1.29 is 19.4 Å². The number of amides is 1. The summed E-state index contributed by atoms with van der Waals surface area (Å²) in [5.74, 6) is -1.81. The van der Waals surface area contributed by atoms with E-state index in [9.17, 15) is 14.8 Å². The van der Waals surface area contributed by atoms with Gasteiger partial charge in [0, 0.05) is 12.1 Å². The maximum absolute atomic E-state index is 11.7. The monoisotopic (exact) mass is 238 g/mol. The van der Waals surface area contributed by atoms with Crippen molar-refractivity contribution in [3.63, 3.8) is 0 Å². The minimum Gasteiger partial charge on any atom is -0.619 e. The quantitative estimate of drug-likeness (QED) is 0.577. The number of hydrogen-bond donors (Lipinski definition) is 2. The summed E-state index contributed by atoms with van der Waals surface area (Å²) in [7, 11) is 0. The average molecular weight is 238 g/mol. The van der Waals surface area contributed by atoms with Crippen molar-refractivity contribution in [1.82, 2.24) is 5.32 Å². The molecule has 0 radical (unpaired) electrons. The molecular weight excluding hydrogens is 224 g/mol. The zero-order valence-corrected chi connectivity index (χ0v) is 9.58. The molecule has 1 rings (SSSR count). The SMILES string of the molecule is CC(C)C(NC(=O)c1cc[n+]([O-])cc1)C(=O)O. The molecule has 1 heterocycles. The van der Waals surface area contributed by atoms with Crippen LogP contribution in [0.1, 0.15) is 24.2 Å². The normalized spacial score (nSPS) is 12.2. The molecule has 0 spiro atoms. The van der Waals surface area contributed by atoms with Crippen molar-refractivity contribution in [3.8, 4) is 0 Å². The standard InChI is InChI=1S/C11H14N2O4/c1-7(2)9(11(15)16)12-10(14)8-3-5-13(17)6-4-8/h3-7,9H,1-2H3,(H,12,14)(H,15,16). The molecule has 0 aliphatic heterocycles. The van der Waals surface area contributed by atoms with Crippen molar-refractivity contribution in [2.24, 2.45) is 5.92 Å². The number of pyridine rings is 1. The van der Waals surface area contributed by atoms with Gasteiger partial charge in [-0.15, -0.1) is 0 Å². The predicted molar refractivity (Wildman–Crippen MR) is 59.1 cm³/mol. The van der Waals surface area contributed by atoms with Gasteiger partial charge in [-0.3, -0.25) is 4.79 Å². The molecule has 1 unspecified atom stereocenters. The molecule has 2 N–H and O–H groups in total. The summed E-state index contributed by atoms with van der Waals surface area (Å²) in [6.45, 7) is 3.41. The van der Waals surface area contributed by atoms with Crippen LogP contribution in [-0.4, -0.2) is 23.0 Å². The second-order valence-electron chi connectivity index (χ2n) is 3.98. The van der Waals surface area contributed by atoms with Crippen molar-refractivity contribution in [2.75, 3.05) is 0 Å². The Bertz CT molecular complexity index is 414. The molecule has 0 aliphatic rings. The smallest absolute Gasteiger partial charge is 0.326 e. The summed E-state index contributed by atoms with van der Waals surface area (Å²) >= 11 is 0. The van der Waals surface area contributed by atoms with Gasteiger partial charge in [-0.2, -0.15) is 4.73 Å². The van der Waals surface area contributed by atoms with Gasteiger partial charge in [0.2, 0.25) is 0 Å². The number of rotatable bonds is 4. The van der Waals surface area contributed by atoms with E-state index >= 15 is 0 Å². The highest BCUT2D eigenvalue weighted by atomic mass is 16.5. The van der Waals surface area contributed by atoms with E-state index in [4.69, 9.17) is 5.11 Å². The maximum atomic E-state index is 11.7. The first kappa shape index (κ1) is 13.0. The van der Waals surface area contributed by atoms with Crippen LogP contribution in [-0.2, 0) is 4.79 Å². The number of carbonyl (C=O) groups excluding carboxylic acids is 1. The molecule has 1 atom stereocenters. The number of carbonyl (C=O) groups is 2. The highest BCUT2D eigenvalue weighted by Crippen LogP contribution is 2.04. The third-order valence-corrected chi connectivity index (χ3v) is 2.28. The second-order valence-corrected chi connectivity index (χ2v) is 3.98. The maximum Gasteiger partial charge on any atom is 0.326 e. The van der Waals surface area contributed by atoms with Crippen molar-refractivity contribution in [2.45, 2.75) is 19.9 Å². The van der Waals surface area contributed by atoms with Gasteiger partial charge in [0.25, 0.3) is 5.91 Å². The number of carboxylic acids is 1. The van der Waals surface area contributed by atoms with E-state index in [1.54, 1.807) is 13.8 Å². The summed E-state index contributed by atoms with van der Waals surface area (Å²) in [5.41, 5.74) is 0.254. The predicted octanol–water partition coefficient (Wildman–Crippen LogP) is 0.159. The minimum absolute atomic E-state index is 0.218. The van der Waals surface area contributed by atoms with E-state index < -0.39 is 17.9 Å². The third-order valence-electron chi connectivity index (χ3n) is 2.28. The van der Waals surface area contributed by atoms with E-state index in [2.05, 4.69) is 5.32 Å². The lowest BCUT2D eigenvalue weighted by atomic mass is 10.0. The van der Waals surface area contributed by atoms with Crippen LogP contribution >= 0.6 is 0 Å². The van der Waals surface area contributed by atoms with Crippen LogP contribution in [0.3, 0.4) is 0 Å². The van der Waals surface area contributed by atoms with Crippen LogP contribution in [0.25, 0.3) is 0 Å². The molecule has 6 heteroatoms. The number of carboxylic acid groups (broad SMARTS) is 1. The van der Waals surface area contributed by atoms with E-state index in [0.29, 0.717) is 4.73 Å². The lowest BCUT2D eigenvalue weighted by Crippen LogP contribution is -2.44. The number of aromatic nitrogens is 1. The Kier molecular flexibility index (Phi) is 4.03. The molecule has 0 fully saturated rings. The van der Waals surface area contributed by atoms with E-state index in [1.807, 2.05) is 0 Å². The fraction of sp³-hybridized carbons (Fsp3) is 0.364. The number of nitrogens with one attached hydrogen (secondary N) is 1. The van der Waals surface area contributed by atoms with Gasteiger partial charge >= 0.3 is 5.97 Å². The van der Waals surface area contributed by atoms with Gasteiger partial charge in [-0.05, 0) is 5.92 Å². The Morgan fingerprint density at radius 2 is 1.88 bits per heavy atom. The van der Waals surface area contributed by atoms with Gasteiger partial charge in [0.1, 0.15) is 6.04 Å². The molecule has 0 bridgehead atoms. The van der Waals surface area contributed by atoms with E-state index in [0.717, 1.165) is 0 Å². The fourth-order valence-electron chi connectivity index (χ4n) is 1.30. The Labute approximate surface area is 98.5 Å². The highest BCUT2D eigenvalue weighted by molar-refractivity contribution is 5.96. The van der Waals surface area contributed by atoms with Crippen LogP contribution in [0, 0.1) is 11.1 Å². The fourth-order valence-corrected chi connectivity index (χ4v) is 1.30. The van der Waals surface area contributed by atoms with Gasteiger partial charge in [0.05, 0.1) is 5.56 Å². The second kappa shape index (κ2) is 5.29. The first-order valence-electron chi connectivity index (χ1n) is 5.14. The number of hydrogen-bond acceptors (Lipinski definition) is 3. The molecule has 1 aromatic rings. The van der Waals surface area contributed by atoms with E-state index in [1.165, 1.54) is 24.5 Å². The third kappa shape index (κ3) is 3.44. The lowest BCUT2D eigenvalue weighted by Gasteiger charge is -2.17. The summed E-state index contributed by atoms with van der Waals surface area (Å²) in [4.78, 5) is 22.6. The molecule has 0 aromatic carbocycles. The van der Waals surface area contributed by atoms with Crippen molar-refractivity contribution in [3.05, 3.63) is 35.3 Å². The Morgan fingerprint density at radius 3 is 2.29 bits per heavy atom. The molecule has 1 aromatic heterocycles. The lowest BCUT2D eigenvalue weighted by molar-refractivity contribution is -0.605. The summed E-state index contributed by atoms with van der Waals surface area (Å²) in [6.07, 6.45) is 2.36. The number of nitrogens with zero attached hydrogens (tertiary/aromatic N) is 1. The van der Waals surface area contributed by atoms with Crippen molar-refractivity contribution in [1.29, 1.82) is 0 Å². The molecule has 6 nitrogen and oxygen atoms in total. The average Bonchev–Trinajstić information content (AvgIpc) is 2.25. The molecular formula is C11H14N2O4. The largest absolute Gasteiger partial charge is 0.619 e. The summed E-state index contributed by atoms with van der Waals surface area (Å²) in [6, 6.07) is 1.73. The molecule has 17 heavy (non-hydrogen) atoms. The first-order chi connectivity index (χ1) is 7.91. The topological polar surface area (TPSA) is 93.3 Å². The number of aliphatic carboxylic acids is 1. The molecule has 1 amide bonds. The summed E-state index contributed by atoms with van der Waals surface area (Å²) < 4.78 is 0.550. The summed E-state index contributed by atoms with van der Waals surface area (Å²) in [5, 5.41) is 22.1. The van der Waals surface area contributed by atoms with Crippen LogP contribution in [0.4, 0.5) is 0 Å². The zero-order valence-electron chi connectivity index (χ0n) is 9.58. The van der Waals surface area contributed by atoms with Gasteiger partial charge in [-0.1, -0.05) is 13.8 Å². The first-order valence-corrected chi connectivity index (χ1v) is 5.14. The Morgan fingerprint density at radius 1 is 1.35 bits per heavy atom. The molecule has 0 aliphatic carbocycles. The van der Waals surface area contributed by atoms with Gasteiger partial charge < -0.3 is 15.6 Å². The molecule has 0 saturated carbocycles. The Balaban J connectivity index is 2.77.